The Hall–Kier alpha value is -1.41. The molecule has 2 heterocycles. The highest BCUT2D eigenvalue weighted by Crippen LogP contribution is 2.29. The van der Waals surface area contributed by atoms with Crippen molar-refractivity contribution >= 4 is 35.0 Å². The molecule has 0 aliphatic heterocycles. The summed E-state index contributed by atoms with van der Waals surface area (Å²) in [5, 5.41) is 5.67. The van der Waals surface area contributed by atoms with Crippen LogP contribution in [-0.2, 0) is 0 Å². The van der Waals surface area contributed by atoms with Gasteiger partial charge in [-0.05, 0) is 32.5 Å². The van der Waals surface area contributed by atoms with E-state index >= 15 is 0 Å². The molecule has 0 fully saturated rings. The van der Waals surface area contributed by atoms with E-state index in [4.69, 9.17) is 0 Å². The number of hydrogen-bond acceptors (Lipinski definition) is 8. The van der Waals surface area contributed by atoms with E-state index in [2.05, 4.69) is 44.0 Å². The SMILES string of the molecule is CCN(CC)c1nc(NC)nc(Sc2nc(C)cs2)n1. The van der Waals surface area contributed by atoms with Gasteiger partial charge < -0.3 is 10.2 Å². The van der Waals surface area contributed by atoms with E-state index in [0.29, 0.717) is 17.1 Å². The van der Waals surface area contributed by atoms with E-state index in [-0.39, 0.29) is 0 Å². The average Bonchev–Trinajstić information content (AvgIpc) is 2.85. The third-order valence-corrected chi connectivity index (χ3v) is 4.57. The van der Waals surface area contributed by atoms with Crippen molar-refractivity contribution in [3.63, 3.8) is 0 Å². The number of aromatic nitrogens is 4. The second-order valence-corrected chi connectivity index (χ2v) is 6.09. The highest BCUT2D eigenvalue weighted by atomic mass is 32.2. The molecule has 0 unspecified atom stereocenters. The van der Waals surface area contributed by atoms with Crippen LogP contribution in [0.4, 0.5) is 11.9 Å². The first kappa shape index (κ1) is 15.0. The molecule has 8 heteroatoms. The summed E-state index contributed by atoms with van der Waals surface area (Å²) in [6.07, 6.45) is 0. The Morgan fingerprint density at radius 2 is 1.95 bits per heavy atom. The molecule has 2 aromatic heterocycles. The lowest BCUT2D eigenvalue weighted by Crippen LogP contribution is -2.25. The third-order valence-electron chi connectivity index (χ3n) is 2.65. The number of aryl methyl sites for hydroxylation is 1. The molecule has 0 bridgehead atoms. The fourth-order valence-corrected chi connectivity index (χ4v) is 3.29. The Bertz CT molecular complexity index is 567. The van der Waals surface area contributed by atoms with E-state index in [1.807, 2.05) is 19.4 Å². The van der Waals surface area contributed by atoms with Crippen LogP contribution in [0.1, 0.15) is 19.5 Å². The van der Waals surface area contributed by atoms with E-state index in [1.54, 1.807) is 11.3 Å². The van der Waals surface area contributed by atoms with Crippen LogP contribution in [0.5, 0.6) is 0 Å². The first-order chi connectivity index (χ1) is 9.66. The first-order valence-electron chi connectivity index (χ1n) is 6.45. The van der Waals surface area contributed by atoms with Gasteiger partial charge in [0.15, 0.2) is 4.34 Å². The Morgan fingerprint density at radius 3 is 2.50 bits per heavy atom. The predicted octanol–water partition coefficient (Wildman–Crippen LogP) is 2.68. The van der Waals surface area contributed by atoms with Crippen molar-refractivity contribution < 1.29 is 0 Å². The minimum absolute atomic E-state index is 0.581. The van der Waals surface area contributed by atoms with Crippen molar-refractivity contribution in [3.8, 4) is 0 Å². The minimum Gasteiger partial charge on any atom is -0.357 e. The van der Waals surface area contributed by atoms with Crippen LogP contribution in [0.3, 0.4) is 0 Å². The highest BCUT2D eigenvalue weighted by Gasteiger charge is 2.12. The van der Waals surface area contributed by atoms with Crippen LogP contribution in [0.25, 0.3) is 0 Å². The molecular formula is C12H18N6S2. The molecule has 0 aliphatic carbocycles. The van der Waals surface area contributed by atoms with Crippen LogP contribution in [0.2, 0.25) is 0 Å². The van der Waals surface area contributed by atoms with Gasteiger partial charge >= 0.3 is 0 Å². The second-order valence-electron chi connectivity index (χ2n) is 4.02. The van der Waals surface area contributed by atoms with Crippen LogP contribution in [0, 0.1) is 6.92 Å². The molecule has 2 aromatic rings. The lowest BCUT2D eigenvalue weighted by molar-refractivity contribution is 0.784. The van der Waals surface area contributed by atoms with Crippen molar-refractivity contribution in [1.29, 1.82) is 0 Å². The number of nitrogens with zero attached hydrogens (tertiary/aromatic N) is 5. The zero-order valence-electron chi connectivity index (χ0n) is 12.0. The van der Waals surface area contributed by atoms with Crippen LogP contribution < -0.4 is 10.2 Å². The Kier molecular flexibility index (Phi) is 5.13. The molecule has 0 aromatic carbocycles. The summed E-state index contributed by atoms with van der Waals surface area (Å²) in [4.78, 5) is 19.8. The molecule has 1 N–H and O–H groups in total. The summed E-state index contributed by atoms with van der Waals surface area (Å²) < 4.78 is 0.946. The van der Waals surface area contributed by atoms with Crippen LogP contribution >= 0.6 is 23.1 Å². The molecule has 0 saturated heterocycles. The van der Waals surface area contributed by atoms with Crippen molar-refractivity contribution in [2.24, 2.45) is 0 Å². The Labute approximate surface area is 127 Å². The summed E-state index contributed by atoms with van der Waals surface area (Å²) in [6.45, 7) is 7.88. The maximum atomic E-state index is 4.52. The average molecular weight is 310 g/mol. The first-order valence-corrected chi connectivity index (χ1v) is 8.14. The van der Waals surface area contributed by atoms with Gasteiger partial charge in [0.2, 0.25) is 17.1 Å². The smallest absolute Gasteiger partial charge is 0.231 e. The van der Waals surface area contributed by atoms with E-state index < -0.39 is 0 Å². The maximum absolute atomic E-state index is 4.52. The molecule has 2 rings (SSSR count). The number of rotatable bonds is 6. The summed E-state index contributed by atoms with van der Waals surface area (Å²) in [6, 6.07) is 0. The topological polar surface area (TPSA) is 66.8 Å². The number of hydrogen-bond donors (Lipinski definition) is 1. The lowest BCUT2D eigenvalue weighted by Gasteiger charge is -2.19. The van der Waals surface area contributed by atoms with Gasteiger partial charge in [-0.25, -0.2) is 4.98 Å². The fraction of sp³-hybridized carbons (Fsp3) is 0.500. The number of anilines is 2. The van der Waals surface area contributed by atoms with Crippen LogP contribution in [0.15, 0.2) is 14.9 Å². The summed E-state index contributed by atoms with van der Waals surface area (Å²) in [5.41, 5.74) is 1.02. The van der Waals surface area contributed by atoms with E-state index in [1.165, 1.54) is 11.8 Å². The zero-order chi connectivity index (χ0) is 14.5. The molecule has 0 atom stereocenters. The molecule has 0 saturated carbocycles. The normalized spacial score (nSPS) is 10.6. The molecule has 0 aliphatic rings. The summed E-state index contributed by atoms with van der Waals surface area (Å²) in [5.74, 6) is 1.28. The Morgan fingerprint density at radius 1 is 1.20 bits per heavy atom. The molecule has 0 radical (unpaired) electrons. The van der Waals surface area contributed by atoms with Gasteiger partial charge in [-0.3, -0.25) is 0 Å². The van der Waals surface area contributed by atoms with Crippen molar-refractivity contribution in [2.75, 3.05) is 30.4 Å². The zero-order valence-corrected chi connectivity index (χ0v) is 13.7. The fourth-order valence-electron chi connectivity index (χ4n) is 1.61. The molecule has 0 spiro atoms. The summed E-state index contributed by atoms with van der Waals surface area (Å²) >= 11 is 3.07. The van der Waals surface area contributed by atoms with Crippen molar-refractivity contribution in [1.82, 2.24) is 19.9 Å². The highest BCUT2D eigenvalue weighted by molar-refractivity contribution is 8.00. The van der Waals surface area contributed by atoms with Gasteiger partial charge in [0.1, 0.15) is 0 Å². The van der Waals surface area contributed by atoms with Gasteiger partial charge in [-0.2, -0.15) is 15.0 Å². The predicted molar refractivity (Wildman–Crippen MR) is 83.9 cm³/mol. The molecule has 0 amide bonds. The molecule has 108 valence electrons. The monoisotopic (exact) mass is 310 g/mol. The Balaban J connectivity index is 2.29. The van der Waals surface area contributed by atoms with Crippen molar-refractivity contribution in [2.45, 2.75) is 30.3 Å². The van der Waals surface area contributed by atoms with Gasteiger partial charge in [0, 0.05) is 31.2 Å². The third kappa shape index (κ3) is 3.57. The van der Waals surface area contributed by atoms with Gasteiger partial charge in [0.25, 0.3) is 0 Å². The maximum Gasteiger partial charge on any atom is 0.231 e. The van der Waals surface area contributed by atoms with Crippen LogP contribution in [-0.4, -0.2) is 40.1 Å². The standard InChI is InChI=1S/C12H18N6S2/c1-5-18(6-2)10-15-9(13-4)16-11(17-10)20-12-14-8(3)7-19-12/h7H,5-6H2,1-4H3,(H,13,15,16,17). The lowest BCUT2D eigenvalue weighted by atomic mass is 10.5. The van der Waals surface area contributed by atoms with Gasteiger partial charge in [-0.15, -0.1) is 11.3 Å². The van der Waals surface area contributed by atoms with Gasteiger partial charge in [0.05, 0.1) is 0 Å². The van der Waals surface area contributed by atoms with Crippen molar-refractivity contribution in [3.05, 3.63) is 11.1 Å². The largest absolute Gasteiger partial charge is 0.357 e. The quantitative estimate of drug-likeness (QED) is 0.879. The number of thiazole rings is 1. The van der Waals surface area contributed by atoms with E-state index in [0.717, 1.165) is 23.1 Å². The number of nitrogens with one attached hydrogen (secondary N) is 1. The minimum atomic E-state index is 0.581. The molecule has 20 heavy (non-hydrogen) atoms. The second kappa shape index (κ2) is 6.85. The molecular weight excluding hydrogens is 292 g/mol. The summed E-state index contributed by atoms with van der Waals surface area (Å²) in [7, 11) is 1.81. The molecule has 6 nitrogen and oxygen atoms in total. The van der Waals surface area contributed by atoms with E-state index in [9.17, 15) is 0 Å². The van der Waals surface area contributed by atoms with Gasteiger partial charge in [-0.1, -0.05) is 0 Å².